The highest BCUT2D eigenvalue weighted by molar-refractivity contribution is 7.13. The van der Waals surface area contributed by atoms with E-state index in [-0.39, 0.29) is 5.82 Å². The first kappa shape index (κ1) is 20.8. The van der Waals surface area contributed by atoms with E-state index in [0.29, 0.717) is 5.75 Å². The number of nitrogens with zero attached hydrogens (tertiary/aromatic N) is 3. The molecule has 0 bridgehead atoms. The maximum Gasteiger partial charge on any atom is 0.165 e. The molecule has 0 atom stereocenters. The third-order valence-electron chi connectivity index (χ3n) is 5.36. The summed E-state index contributed by atoms with van der Waals surface area (Å²) in [6, 6.07) is 13.2. The van der Waals surface area contributed by atoms with Gasteiger partial charge in [-0.3, -0.25) is 9.80 Å². The molecule has 1 fully saturated rings. The molecule has 4 rings (SSSR count). The Morgan fingerprint density at radius 2 is 1.63 bits per heavy atom. The van der Waals surface area contributed by atoms with Gasteiger partial charge in [0, 0.05) is 50.2 Å². The molecule has 5 nitrogen and oxygen atoms in total. The van der Waals surface area contributed by atoms with Gasteiger partial charge in [-0.1, -0.05) is 6.07 Å². The Balaban J connectivity index is 1.28. The fourth-order valence-electron chi connectivity index (χ4n) is 3.65. The van der Waals surface area contributed by atoms with Gasteiger partial charge in [0.25, 0.3) is 0 Å². The Morgan fingerprint density at radius 1 is 0.933 bits per heavy atom. The summed E-state index contributed by atoms with van der Waals surface area (Å²) in [4.78, 5) is 9.60. The Kier molecular flexibility index (Phi) is 6.62. The minimum absolute atomic E-state index is 0.292. The first-order valence-corrected chi connectivity index (χ1v) is 10.9. The second-order valence-corrected chi connectivity index (χ2v) is 8.25. The van der Waals surface area contributed by atoms with Crippen molar-refractivity contribution < 1.29 is 13.9 Å². The molecule has 0 saturated carbocycles. The molecule has 0 N–H and O–H groups in total. The predicted molar refractivity (Wildman–Crippen MR) is 118 cm³/mol. The van der Waals surface area contributed by atoms with Crippen LogP contribution in [0.25, 0.3) is 10.6 Å². The van der Waals surface area contributed by atoms with Gasteiger partial charge in [0.15, 0.2) is 11.6 Å². The third-order valence-corrected chi connectivity index (χ3v) is 6.30. The fraction of sp³-hybridized carbons (Fsp3) is 0.348. The summed E-state index contributed by atoms with van der Waals surface area (Å²) in [5.41, 5.74) is 3.20. The SMILES string of the molecule is COc1ccc(-c2nc(CN3CCN(Cc4ccc(OC)c(F)c4)CC3)cs2)cc1. The van der Waals surface area contributed by atoms with Crippen molar-refractivity contribution in [1.82, 2.24) is 14.8 Å². The van der Waals surface area contributed by atoms with Crippen LogP contribution in [0.2, 0.25) is 0 Å². The highest BCUT2D eigenvalue weighted by Gasteiger charge is 2.19. The van der Waals surface area contributed by atoms with Crippen LogP contribution in [-0.4, -0.2) is 55.2 Å². The number of rotatable bonds is 7. The summed E-state index contributed by atoms with van der Waals surface area (Å²) < 4.78 is 24.1. The number of hydrogen-bond acceptors (Lipinski definition) is 6. The topological polar surface area (TPSA) is 37.8 Å². The molecule has 0 unspecified atom stereocenters. The number of halogens is 1. The number of piperazine rings is 1. The van der Waals surface area contributed by atoms with Gasteiger partial charge >= 0.3 is 0 Å². The molecule has 1 aromatic heterocycles. The molecular weight excluding hydrogens is 401 g/mol. The lowest BCUT2D eigenvalue weighted by Crippen LogP contribution is -2.45. The molecule has 0 radical (unpaired) electrons. The van der Waals surface area contributed by atoms with Gasteiger partial charge in [-0.15, -0.1) is 11.3 Å². The molecular formula is C23H26FN3O2S. The van der Waals surface area contributed by atoms with Crippen LogP contribution in [-0.2, 0) is 13.1 Å². The monoisotopic (exact) mass is 427 g/mol. The Hall–Kier alpha value is -2.48. The van der Waals surface area contributed by atoms with Gasteiger partial charge in [-0.05, 0) is 42.0 Å². The van der Waals surface area contributed by atoms with Crippen molar-refractivity contribution in [3.05, 3.63) is 64.9 Å². The minimum atomic E-state index is -0.301. The van der Waals surface area contributed by atoms with E-state index >= 15 is 0 Å². The van der Waals surface area contributed by atoms with Crippen LogP contribution in [0.5, 0.6) is 11.5 Å². The molecule has 0 aliphatic carbocycles. The predicted octanol–water partition coefficient (Wildman–Crippen LogP) is 4.28. The molecule has 0 amide bonds. The number of ether oxygens (including phenoxy) is 2. The molecule has 2 heterocycles. The largest absolute Gasteiger partial charge is 0.497 e. The van der Waals surface area contributed by atoms with Gasteiger partial charge in [-0.2, -0.15) is 0 Å². The van der Waals surface area contributed by atoms with Crippen molar-refractivity contribution in [2.24, 2.45) is 0 Å². The lowest BCUT2D eigenvalue weighted by molar-refractivity contribution is 0.121. The van der Waals surface area contributed by atoms with Crippen molar-refractivity contribution >= 4 is 11.3 Å². The molecule has 2 aromatic carbocycles. The highest BCUT2D eigenvalue weighted by atomic mass is 32.1. The molecule has 1 saturated heterocycles. The number of aromatic nitrogens is 1. The number of thiazole rings is 1. The van der Waals surface area contributed by atoms with Crippen LogP contribution in [0.3, 0.4) is 0 Å². The normalized spacial score (nSPS) is 15.3. The van der Waals surface area contributed by atoms with Gasteiger partial charge in [-0.25, -0.2) is 9.37 Å². The number of hydrogen-bond donors (Lipinski definition) is 0. The molecule has 7 heteroatoms. The molecule has 3 aromatic rings. The van der Waals surface area contributed by atoms with E-state index in [1.54, 1.807) is 30.6 Å². The van der Waals surface area contributed by atoms with Crippen molar-refractivity contribution in [3.8, 4) is 22.1 Å². The van der Waals surface area contributed by atoms with E-state index in [9.17, 15) is 4.39 Å². The Bertz CT molecular complexity index is 969. The summed E-state index contributed by atoms with van der Waals surface area (Å²) in [6.45, 7) is 5.50. The molecule has 1 aliphatic rings. The van der Waals surface area contributed by atoms with E-state index < -0.39 is 0 Å². The van der Waals surface area contributed by atoms with Crippen LogP contribution in [0.1, 0.15) is 11.3 Å². The number of methoxy groups -OCH3 is 2. The van der Waals surface area contributed by atoms with Gasteiger partial charge < -0.3 is 9.47 Å². The summed E-state index contributed by atoms with van der Waals surface area (Å²) in [5.74, 6) is 0.844. The highest BCUT2D eigenvalue weighted by Crippen LogP contribution is 2.26. The van der Waals surface area contributed by atoms with E-state index in [0.717, 1.165) is 66.8 Å². The minimum Gasteiger partial charge on any atom is -0.497 e. The van der Waals surface area contributed by atoms with Crippen molar-refractivity contribution in [1.29, 1.82) is 0 Å². The second-order valence-electron chi connectivity index (χ2n) is 7.39. The van der Waals surface area contributed by atoms with Gasteiger partial charge in [0.2, 0.25) is 0 Å². The smallest absolute Gasteiger partial charge is 0.165 e. The van der Waals surface area contributed by atoms with Gasteiger partial charge in [0.1, 0.15) is 10.8 Å². The zero-order valence-electron chi connectivity index (χ0n) is 17.3. The zero-order chi connectivity index (χ0) is 20.9. The summed E-state index contributed by atoms with van der Waals surface area (Å²) in [6.07, 6.45) is 0. The molecule has 0 spiro atoms. The lowest BCUT2D eigenvalue weighted by Gasteiger charge is -2.34. The van der Waals surface area contributed by atoms with Crippen LogP contribution in [0.4, 0.5) is 4.39 Å². The quantitative estimate of drug-likeness (QED) is 0.563. The van der Waals surface area contributed by atoms with Crippen molar-refractivity contribution in [2.75, 3.05) is 40.4 Å². The Morgan fingerprint density at radius 3 is 2.27 bits per heavy atom. The standard InChI is InChI=1S/C23H26FN3O2S/c1-28-20-6-4-18(5-7-20)23-25-19(16-30-23)15-27-11-9-26(10-12-27)14-17-3-8-22(29-2)21(24)13-17/h3-8,13,16H,9-12,14-15H2,1-2H3. The van der Waals surface area contributed by atoms with Crippen molar-refractivity contribution in [3.63, 3.8) is 0 Å². The van der Waals surface area contributed by atoms with Crippen LogP contribution >= 0.6 is 11.3 Å². The maximum atomic E-state index is 13.9. The molecule has 30 heavy (non-hydrogen) atoms. The Labute approximate surface area is 180 Å². The maximum absolute atomic E-state index is 13.9. The number of benzene rings is 2. The first-order chi connectivity index (χ1) is 14.6. The van der Waals surface area contributed by atoms with E-state index in [4.69, 9.17) is 14.5 Å². The van der Waals surface area contributed by atoms with E-state index in [2.05, 4.69) is 15.2 Å². The summed E-state index contributed by atoms with van der Waals surface area (Å²) in [5, 5.41) is 3.18. The van der Waals surface area contributed by atoms with Crippen LogP contribution in [0.15, 0.2) is 47.8 Å². The molecule has 158 valence electrons. The average Bonchev–Trinajstić information content (AvgIpc) is 3.24. The molecule has 1 aliphatic heterocycles. The fourth-order valence-corrected chi connectivity index (χ4v) is 4.46. The second kappa shape index (κ2) is 9.55. The zero-order valence-corrected chi connectivity index (χ0v) is 18.1. The van der Waals surface area contributed by atoms with E-state index in [1.165, 1.54) is 7.11 Å². The third kappa shape index (κ3) is 4.98. The summed E-state index contributed by atoms with van der Waals surface area (Å²) in [7, 11) is 3.16. The first-order valence-electron chi connectivity index (χ1n) is 10.0. The van der Waals surface area contributed by atoms with E-state index in [1.807, 2.05) is 30.3 Å². The van der Waals surface area contributed by atoms with Crippen LogP contribution in [0, 0.1) is 5.82 Å². The van der Waals surface area contributed by atoms with Crippen LogP contribution < -0.4 is 9.47 Å². The van der Waals surface area contributed by atoms with Crippen molar-refractivity contribution in [2.45, 2.75) is 13.1 Å². The average molecular weight is 428 g/mol. The van der Waals surface area contributed by atoms with Gasteiger partial charge in [0.05, 0.1) is 19.9 Å². The lowest BCUT2D eigenvalue weighted by atomic mass is 10.2. The summed E-state index contributed by atoms with van der Waals surface area (Å²) >= 11 is 1.68.